The van der Waals surface area contributed by atoms with Gasteiger partial charge in [0.15, 0.2) is 11.5 Å². The van der Waals surface area contributed by atoms with E-state index < -0.39 is 23.8 Å². The fourth-order valence-corrected chi connectivity index (χ4v) is 3.16. The molecule has 156 valence electrons. The highest BCUT2D eigenvalue weighted by atomic mass is 16.5. The van der Waals surface area contributed by atoms with Crippen LogP contribution in [0.2, 0.25) is 0 Å². The second-order valence-corrected chi connectivity index (χ2v) is 6.86. The molecule has 3 rings (SSSR count). The lowest BCUT2D eigenvalue weighted by Crippen LogP contribution is -2.46. The van der Waals surface area contributed by atoms with Crippen LogP contribution in [0.4, 0.5) is 0 Å². The van der Waals surface area contributed by atoms with Gasteiger partial charge in [0, 0.05) is 30.7 Å². The SMILES string of the molecule is COC(=O)[C@H](Cc1cnc[nH]1)NC(=O)[C@@H](CC(=O)c1ccco1)Cc1ccccc1. The number of aromatic nitrogens is 2. The number of methoxy groups -OCH3 is 1. The highest BCUT2D eigenvalue weighted by Crippen LogP contribution is 2.17. The van der Waals surface area contributed by atoms with E-state index in [0.717, 1.165) is 5.56 Å². The van der Waals surface area contributed by atoms with E-state index in [1.54, 1.807) is 18.3 Å². The number of amides is 1. The fraction of sp³-hybridized carbons (Fsp3) is 0.273. The number of nitrogens with zero attached hydrogens (tertiary/aromatic N) is 1. The van der Waals surface area contributed by atoms with Gasteiger partial charge in [-0.25, -0.2) is 9.78 Å². The van der Waals surface area contributed by atoms with Crippen molar-refractivity contribution in [3.63, 3.8) is 0 Å². The zero-order chi connectivity index (χ0) is 21.3. The molecule has 8 nitrogen and oxygen atoms in total. The van der Waals surface area contributed by atoms with Gasteiger partial charge in [-0.15, -0.1) is 0 Å². The van der Waals surface area contributed by atoms with E-state index in [1.165, 1.54) is 19.7 Å². The molecule has 2 atom stereocenters. The van der Waals surface area contributed by atoms with Crippen LogP contribution in [-0.4, -0.2) is 40.8 Å². The molecule has 0 saturated heterocycles. The topological polar surface area (TPSA) is 114 Å². The standard InChI is InChI=1S/C22H23N3O5/c1-29-22(28)18(12-17-13-23-14-24-17)25-21(27)16(10-15-6-3-2-4-7-15)11-19(26)20-8-5-9-30-20/h2-9,13-14,16,18H,10-12H2,1H3,(H,23,24)(H,25,27)/t16-,18+/m1/s1. The van der Waals surface area contributed by atoms with Gasteiger partial charge in [-0.3, -0.25) is 9.59 Å². The lowest BCUT2D eigenvalue weighted by atomic mass is 9.92. The smallest absolute Gasteiger partial charge is 0.328 e. The highest BCUT2D eigenvalue weighted by molar-refractivity contribution is 5.97. The van der Waals surface area contributed by atoms with Crippen molar-refractivity contribution < 1.29 is 23.5 Å². The fourth-order valence-electron chi connectivity index (χ4n) is 3.16. The van der Waals surface area contributed by atoms with Crippen molar-refractivity contribution in [3.8, 4) is 0 Å². The molecule has 0 saturated carbocycles. The van der Waals surface area contributed by atoms with E-state index in [0.29, 0.717) is 12.1 Å². The number of aromatic amines is 1. The summed E-state index contributed by atoms with van der Waals surface area (Å²) in [6, 6.07) is 11.7. The Labute approximate surface area is 173 Å². The average Bonchev–Trinajstić information content (AvgIpc) is 3.47. The molecule has 2 N–H and O–H groups in total. The molecule has 0 aliphatic rings. The molecular formula is C22H23N3O5. The Morgan fingerprint density at radius 3 is 2.57 bits per heavy atom. The van der Waals surface area contributed by atoms with Crippen LogP contribution in [0, 0.1) is 5.92 Å². The quantitative estimate of drug-likeness (QED) is 0.392. The monoisotopic (exact) mass is 409 g/mol. The second-order valence-electron chi connectivity index (χ2n) is 6.86. The van der Waals surface area contributed by atoms with Crippen molar-refractivity contribution in [1.82, 2.24) is 15.3 Å². The number of carbonyl (C=O) groups is 3. The molecule has 2 aromatic heterocycles. The molecule has 0 radical (unpaired) electrons. The van der Waals surface area contributed by atoms with Gasteiger partial charge >= 0.3 is 5.97 Å². The Balaban J connectivity index is 1.76. The summed E-state index contributed by atoms with van der Waals surface area (Å²) < 4.78 is 10.00. The van der Waals surface area contributed by atoms with Crippen molar-refractivity contribution in [2.45, 2.75) is 25.3 Å². The predicted octanol–water partition coefficient (Wildman–Crippen LogP) is 2.33. The third-order valence-electron chi connectivity index (χ3n) is 4.70. The van der Waals surface area contributed by atoms with Gasteiger partial charge in [0.1, 0.15) is 6.04 Å². The number of furan rings is 1. The number of hydrogen-bond acceptors (Lipinski definition) is 6. The Kier molecular flexibility index (Phi) is 7.15. The maximum Gasteiger partial charge on any atom is 0.328 e. The molecule has 3 aromatic rings. The molecule has 0 unspecified atom stereocenters. The number of carbonyl (C=O) groups excluding carboxylic acids is 3. The molecule has 8 heteroatoms. The number of esters is 1. The van der Waals surface area contributed by atoms with Crippen LogP contribution in [0.1, 0.15) is 28.2 Å². The number of nitrogens with one attached hydrogen (secondary N) is 2. The van der Waals surface area contributed by atoms with Crippen LogP contribution in [0.25, 0.3) is 0 Å². The van der Waals surface area contributed by atoms with Crippen LogP contribution in [-0.2, 0) is 27.2 Å². The van der Waals surface area contributed by atoms with Crippen molar-refractivity contribution >= 4 is 17.7 Å². The molecule has 0 aliphatic carbocycles. The van der Waals surface area contributed by atoms with Gasteiger partial charge < -0.3 is 19.5 Å². The Bertz CT molecular complexity index is 952. The third-order valence-corrected chi connectivity index (χ3v) is 4.70. The molecule has 2 heterocycles. The summed E-state index contributed by atoms with van der Waals surface area (Å²) in [4.78, 5) is 44.7. The van der Waals surface area contributed by atoms with Crippen molar-refractivity contribution in [1.29, 1.82) is 0 Å². The number of H-pyrrole nitrogens is 1. The van der Waals surface area contributed by atoms with Gasteiger partial charge in [-0.05, 0) is 24.1 Å². The van der Waals surface area contributed by atoms with Gasteiger partial charge in [-0.2, -0.15) is 0 Å². The van der Waals surface area contributed by atoms with Crippen LogP contribution in [0.5, 0.6) is 0 Å². The number of ketones is 1. The summed E-state index contributed by atoms with van der Waals surface area (Å²) >= 11 is 0. The van der Waals surface area contributed by atoms with Gasteiger partial charge in [0.05, 0.1) is 19.7 Å². The normalized spacial score (nSPS) is 12.7. The average molecular weight is 409 g/mol. The zero-order valence-electron chi connectivity index (χ0n) is 16.5. The Hall–Kier alpha value is -3.68. The summed E-state index contributed by atoms with van der Waals surface area (Å²) in [6.07, 6.45) is 4.97. The molecule has 0 aliphatic heterocycles. The number of benzene rings is 1. The largest absolute Gasteiger partial charge is 0.467 e. The predicted molar refractivity (Wildman–Crippen MR) is 108 cm³/mol. The number of rotatable bonds is 10. The minimum atomic E-state index is -0.903. The van der Waals surface area contributed by atoms with E-state index in [2.05, 4.69) is 15.3 Å². The van der Waals surface area contributed by atoms with E-state index >= 15 is 0 Å². The van der Waals surface area contributed by atoms with Crippen LogP contribution >= 0.6 is 0 Å². The highest BCUT2D eigenvalue weighted by Gasteiger charge is 2.29. The number of imidazole rings is 1. The van der Waals surface area contributed by atoms with E-state index in [4.69, 9.17) is 9.15 Å². The summed E-state index contributed by atoms with van der Waals surface area (Å²) in [5.74, 6) is -1.75. The molecule has 0 fully saturated rings. The molecule has 30 heavy (non-hydrogen) atoms. The summed E-state index contributed by atoms with van der Waals surface area (Å²) in [5.41, 5.74) is 1.59. The van der Waals surface area contributed by atoms with Gasteiger partial charge in [0.2, 0.25) is 5.91 Å². The van der Waals surface area contributed by atoms with Crippen molar-refractivity contribution in [2.75, 3.05) is 7.11 Å². The summed E-state index contributed by atoms with van der Waals surface area (Å²) in [5, 5.41) is 2.73. The van der Waals surface area contributed by atoms with E-state index in [1.807, 2.05) is 30.3 Å². The first-order valence-electron chi connectivity index (χ1n) is 9.53. The van der Waals surface area contributed by atoms with Crippen molar-refractivity contribution in [2.24, 2.45) is 5.92 Å². The van der Waals surface area contributed by atoms with Crippen molar-refractivity contribution in [3.05, 3.63) is 78.3 Å². The van der Waals surface area contributed by atoms with Crippen LogP contribution in [0.3, 0.4) is 0 Å². The van der Waals surface area contributed by atoms with E-state index in [9.17, 15) is 14.4 Å². The third kappa shape index (κ3) is 5.66. The maximum atomic E-state index is 13.1. The zero-order valence-corrected chi connectivity index (χ0v) is 16.5. The lowest BCUT2D eigenvalue weighted by Gasteiger charge is -2.21. The molecule has 0 bridgehead atoms. The lowest BCUT2D eigenvalue weighted by molar-refractivity contribution is -0.145. The Morgan fingerprint density at radius 1 is 1.13 bits per heavy atom. The maximum absolute atomic E-state index is 13.1. The molecule has 1 amide bonds. The van der Waals surface area contributed by atoms with Gasteiger partial charge in [0.25, 0.3) is 0 Å². The van der Waals surface area contributed by atoms with E-state index in [-0.39, 0.29) is 24.4 Å². The second kappa shape index (κ2) is 10.2. The minimum absolute atomic E-state index is 0.0494. The molecule has 1 aromatic carbocycles. The number of hydrogen-bond donors (Lipinski definition) is 2. The first-order valence-corrected chi connectivity index (χ1v) is 9.53. The number of ether oxygens (including phenoxy) is 1. The molecule has 0 spiro atoms. The minimum Gasteiger partial charge on any atom is -0.467 e. The Morgan fingerprint density at radius 2 is 1.93 bits per heavy atom. The first kappa shape index (κ1) is 21.0. The first-order chi connectivity index (χ1) is 14.6. The van der Waals surface area contributed by atoms with Crippen LogP contribution < -0.4 is 5.32 Å². The van der Waals surface area contributed by atoms with Gasteiger partial charge in [-0.1, -0.05) is 30.3 Å². The molecular weight excluding hydrogens is 386 g/mol. The van der Waals surface area contributed by atoms with Crippen LogP contribution in [0.15, 0.2) is 65.7 Å². The number of Topliss-reactive ketones (excluding diaryl/α,β-unsaturated/α-hetero) is 1. The summed E-state index contributed by atoms with van der Waals surface area (Å²) in [7, 11) is 1.26. The summed E-state index contributed by atoms with van der Waals surface area (Å²) in [6.45, 7) is 0.